The summed E-state index contributed by atoms with van der Waals surface area (Å²) in [6.07, 6.45) is 1.35. The zero-order valence-corrected chi connectivity index (χ0v) is 21.1. The molecule has 0 bridgehead atoms. The Hall–Kier alpha value is -3.91. The Kier molecular flexibility index (Phi) is 8.52. The Balaban J connectivity index is 1.49. The van der Waals surface area contributed by atoms with Crippen LogP contribution in [-0.4, -0.2) is 45.9 Å². The van der Waals surface area contributed by atoms with Crippen molar-refractivity contribution in [2.24, 2.45) is 0 Å². The van der Waals surface area contributed by atoms with Gasteiger partial charge in [0.1, 0.15) is 11.6 Å². The van der Waals surface area contributed by atoms with Crippen LogP contribution in [0, 0.1) is 0 Å². The van der Waals surface area contributed by atoms with E-state index < -0.39 is 0 Å². The minimum atomic E-state index is -0.0594. The van der Waals surface area contributed by atoms with E-state index in [1.54, 1.807) is 7.11 Å². The number of ether oxygens (including phenoxy) is 1. The van der Waals surface area contributed by atoms with Crippen LogP contribution >= 0.6 is 11.8 Å². The third-order valence-corrected chi connectivity index (χ3v) is 6.54. The lowest BCUT2D eigenvalue weighted by molar-refractivity contribution is -0.118. The maximum atomic E-state index is 13.0. The highest BCUT2D eigenvalue weighted by atomic mass is 32.2. The van der Waals surface area contributed by atoms with Gasteiger partial charge >= 0.3 is 0 Å². The lowest BCUT2D eigenvalue weighted by Gasteiger charge is -2.11. The van der Waals surface area contributed by atoms with E-state index in [-0.39, 0.29) is 17.4 Å². The third-order valence-electron chi connectivity index (χ3n) is 5.61. The first kappa shape index (κ1) is 25.2. The van der Waals surface area contributed by atoms with Gasteiger partial charge < -0.3 is 10.1 Å². The molecule has 0 aliphatic heterocycles. The van der Waals surface area contributed by atoms with Crippen LogP contribution in [0.2, 0.25) is 0 Å². The monoisotopic (exact) mass is 500 g/mol. The molecule has 4 rings (SSSR count). The zero-order chi connectivity index (χ0) is 25.3. The summed E-state index contributed by atoms with van der Waals surface area (Å²) in [7, 11) is 1.62. The summed E-state index contributed by atoms with van der Waals surface area (Å²) in [5.74, 6) is 1.67. The van der Waals surface area contributed by atoms with Crippen LogP contribution in [-0.2, 0) is 11.2 Å². The van der Waals surface area contributed by atoms with Gasteiger partial charge in [0.25, 0.3) is 0 Å². The first-order valence-electron chi connectivity index (χ1n) is 11.7. The van der Waals surface area contributed by atoms with Gasteiger partial charge in [0.15, 0.2) is 10.9 Å². The van der Waals surface area contributed by atoms with Gasteiger partial charge in [-0.15, -0.1) is 10.2 Å². The van der Waals surface area contributed by atoms with Crippen LogP contribution in [0.25, 0.3) is 16.8 Å². The van der Waals surface area contributed by atoms with Crippen LogP contribution < -0.4 is 10.1 Å². The Morgan fingerprint density at radius 1 is 0.944 bits per heavy atom. The van der Waals surface area contributed by atoms with Crippen molar-refractivity contribution in [2.45, 2.75) is 24.9 Å². The van der Waals surface area contributed by atoms with E-state index >= 15 is 0 Å². The first-order chi connectivity index (χ1) is 17.5. The fourth-order valence-electron chi connectivity index (χ4n) is 3.77. The summed E-state index contributed by atoms with van der Waals surface area (Å²) in [4.78, 5) is 24.1. The van der Waals surface area contributed by atoms with Crippen LogP contribution in [0.15, 0.2) is 84.0 Å². The van der Waals surface area contributed by atoms with Crippen LogP contribution in [0.1, 0.15) is 29.5 Å². The molecule has 3 aromatic carbocycles. The standard InChI is InChI=1S/C28H28N4O3S/c1-20(33)29-17-7-12-27-30-31-28(32(27)24-10-6-11-25(18-24)35-2)36-19-26(34)23-15-13-22(14-16-23)21-8-4-3-5-9-21/h3-6,8-11,13-16,18H,7,12,17,19H2,1-2H3,(H,29,33). The number of carbonyl (C=O) groups excluding carboxylic acids is 2. The fourth-order valence-corrected chi connectivity index (χ4v) is 4.63. The largest absolute Gasteiger partial charge is 0.497 e. The lowest BCUT2D eigenvalue weighted by Crippen LogP contribution is -2.21. The second-order valence-corrected chi connectivity index (χ2v) is 9.12. The topological polar surface area (TPSA) is 86.1 Å². The van der Waals surface area contributed by atoms with E-state index in [4.69, 9.17) is 4.74 Å². The summed E-state index contributed by atoms with van der Waals surface area (Å²) in [5, 5.41) is 12.2. The first-order valence-corrected chi connectivity index (χ1v) is 12.7. The van der Waals surface area contributed by atoms with Crippen molar-refractivity contribution in [1.29, 1.82) is 0 Å². The molecule has 0 spiro atoms. The number of aromatic nitrogens is 3. The van der Waals surface area contributed by atoms with Gasteiger partial charge in [0, 0.05) is 31.5 Å². The van der Waals surface area contributed by atoms with Crippen molar-refractivity contribution in [2.75, 3.05) is 19.4 Å². The minimum absolute atomic E-state index is 0.0204. The zero-order valence-electron chi connectivity index (χ0n) is 20.3. The molecule has 0 unspecified atom stereocenters. The van der Waals surface area contributed by atoms with E-state index in [9.17, 15) is 9.59 Å². The quantitative estimate of drug-likeness (QED) is 0.177. The van der Waals surface area contributed by atoms with Crippen molar-refractivity contribution in [3.63, 3.8) is 0 Å². The number of aryl methyl sites for hydroxylation is 1. The molecule has 0 saturated carbocycles. The number of amides is 1. The van der Waals surface area contributed by atoms with Gasteiger partial charge in [-0.3, -0.25) is 14.2 Å². The number of thioether (sulfide) groups is 1. The van der Waals surface area contributed by atoms with E-state index in [1.165, 1.54) is 18.7 Å². The number of rotatable bonds is 11. The third kappa shape index (κ3) is 6.40. The smallest absolute Gasteiger partial charge is 0.216 e. The minimum Gasteiger partial charge on any atom is -0.497 e. The fraction of sp³-hybridized carbons (Fsp3) is 0.214. The lowest BCUT2D eigenvalue weighted by atomic mass is 10.0. The predicted molar refractivity (Wildman–Crippen MR) is 142 cm³/mol. The van der Waals surface area contributed by atoms with Gasteiger partial charge in [-0.2, -0.15) is 0 Å². The van der Waals surface area contributed by atoms with Crippen LogP contribution in [0.3, 0.4) is 0 Å². The van der Waals surface area contributed by atoms with Crippen molar-refractivity contribution in [3.8, 4) is 22.6 Å². The van der Waals surface area contributed by atoms with Crippen molar-refractivity contribution in [3.05, 3.63) is 90.3 Å². The second-order valence-electron chi connectivity index (χ2n) is 8.18. The number of carbonyl (C=O) groups is 2. The molecule has 0 atom stereocenters. The molecule has 1 heterocycles. The Morgan fingerprint density at radius 3 is 2.42 bits per heavy atom. The van der Waals surface area contributed by atoms with Crippen LogP contribution in [0.5, 0.6) is 5.75 Å². The Morgan fingerprint density at radius 2 is 1.69 bits per heavy atom. The number of Topliss-reactive ketones (excluding diaryl/α,β-unsaturated/α-hetero) is 1. The SMILES string of the molecule is COc1cccc(-n2c(CCCNC(C)=O)nnc2SCC(=O)c2ccc(-c3ccccc3)cc2)c1. The predicted octanol–water partition coefficient (Wildman–Crippen LogP) is 4.99. The van der Waals surface area contributed by atoms with Gasteiger partial charge in [-0.1, -0.05) is 72.4 Å². The molecule has 1 aromatic heterocycles. The van der Waals surface area contributed by atoms with E-state index in [1.807, 2.05) is 83.4 Å². The van der Waals surface area contributed by atoms with Crippen molar-refractivity contribution >= 4 is 23.5 Å². The normalized spacial score (nSPS) is 10.7. The second kappa shape index (κ2) is 12.2. The molecule has 1 N–H and O–H groups in total. The molecule has 0 aliphatic carbocycles. The van der Waals surface area contributed by atoms with Gasteiger partial charge in [-0.05, 0) is 29.7 Å². The highest BCUT2D eigenvalue weighted by Gasteiger charge is 2.17. The molecule has 0 saturated heterocycles. The number of methoxy groups -OCH3 is 1. The number of hydrogen-bond donors (Lipinski definition) is 1. The van der Waals surface area contributed by atoms with Gasteiger partial charge in [0.05, 0.1) is 18.6 Å². The summed E-state index contributed by atoms with van der Waals surface area (Å²) < 4.78 is 7.34. The highest BCUT2D eigenvalue weighted by molar-refractivity contribution is 7.99. The summed E-state index contributed by atoms with van der Waals surface area (Å²) in [5.41, 5.74) is 3.70. The molecule has 4 aromatic rings. The maximum absolute atomic E-state index is 13.0. The summed E-state index contributed by atoms with van der Waals surface area (Å²) in [6.45, 7) is 2.06. The summed E-state index contributed by atoms with van der Waals surface area (Å²) in [6, 6.07) is 25.4. The number of hydrogen-bond acceptors (Lipinski definition) is 6. The van der Waals surface area contributed by atoms with Gasteiger partial charge in [0.2, 0.25) is 5.91 Å². The number of ketones is 1. The molecule has 184 valence electrons. The summed E-state index contributed by atoms with van der Waals surface area (Å²) >= 11 is 1.35. The molecule has 1 amide bonds. The molecule has 0 fully saturated rings. The molecule has 7 nitrogen and oxygen atoms in total. The maximum Gasteiger partial charge on any atom is 0.216 e. The molecule has 8 heteroatoms. The molecular weight excluding hydrogens is 472 g/mol. The average molecular weight is 501 g/mol. The molecule has 0 aliphatic rings. The number of nitrogens with zero attached hydrogens (tertiary/aromatic N) is 3. The number of benzene rings is 3. The average Bonchev–Trinajstić information content (AvgIpc) is 3.33. The van der Waals surface area contributed by atoms with E-state index in [2.05, 4.69) is 15.5 Å². The number of nitrogens with one attached hydrogen (secondary N) is 1. The highest BCUT2D eigenvalue weighted by Crippen LogP contribution is 2.26. The van der Waals surface area contributed by atoms with E-state index in [0.29, 0.717) is 23.7 Å². The Bertz CT molecular complexity index is 1320. The Labute approximate surface area is 214 Å². The van der Waals surface area contributed by atoms with Crippen LogP contribution in [0.4, 0.5) is 0 Å². The molecule has 36 heavy (non-hydrogen) atoms. The van der Waals surface area contributed by atoms with Crippen molar-refractivity contribution < 1.29 is 14.3 Å². The van der Waals surface area contributed by atoms with E-state index in [0.717, 1.165) is 34.8 Å². The molecular formula is C28H28N4O3S. The van der Waals surface area contributed by atoms with Gasteiger partial charge in [-0.25, -0.2) is 0 Å². The van der Waals surface area contributed by atoms with Crippen molar-refractivity contribution in [1.82, 2.24) is 20.1 Å². The molecule has 0 radical (unpaired) electrons.